The van der Waals surface area contributed by atoms with E-state index in [0.717, 1.165) is 18.5 Å². The van der Waals surface area contributed by atoms with Crippen molar-refractivity contribution in [2.24, 2.45) is 5.73 Å². The van der Waals surface area contributed by atoms with Crippen LogP contribution in [-0.2, 0) is 11.2 Å². The van der Waals surface area contributed by atoms with Crippen molar-refractivity contribution in [1.29, 1.82) is 0 Å². The number of amides is 1. The molecule has 0 radical (unpaired) electrons. The fourth-order valence-electron chi connectivity index (χ4n) is 1.60. The molecule has 3 N–H and O–H groups in total. The normalized spacial score (nSPS) is 10.7. The van der Waals surface area contributed by atoms with Gasteiger partial charge in [0.15, 0.2) is 0 Å². The Balaban J connectivity index is 2.53. The van der Waals surface area contributed by atoms with Gasteiger partial charge in [0.1, 0.15) is 0 Å². The first-order valence-electron chi connectivity index (χ1n) is 5.97. The van der Waals surface area contributed by atoms with Crippen LogP contribution in [0.3, 0.4) is 0 Å². The van der Waals surface area contributed by atoms with E-state index in [2.05, 4.69) is 10.2 Å². The van der Waals surface area contributed by atoms with Gasteiger partial charge in [-0.25, -0.2) is 6.57 Å². The van der Waals surface area contributed by atoms with Crippen LogP contribution >= 0.6 is 0 Å². The summed E-state index contributed by atoms with van der Waals surface area (Å²) in [6, 6.07) is 7.91. The minimum Gasteiger partial charge on any atom is -0.370 e. The molecule has 0 aliphatic rings. The molecule has 1 aromatic rings. The van der Waals surface area contributed by atoms with E-state index in [4.69, 9.17) is 12.3 Å². The van der Waals surface area contributed by atoms with Gasteiger partial charge in [0.25, 0.3) is 5.66 Å². The summed E-state index contributed by atoms with van der Waals surface area (Å²) in [5.74, 6) is -0.257. The first-order valence-corrected chi connectivity index (χ1v) is 5.97. The minimum atomic E-state index is -0.590. The SMILES string of the molecule is [C-]#[N+]C(C)(C)Nc1ccc(CCCC(N)=O)cc1. The summed E-state index contributed by atoms with van der Waals surface area (Å²) >= 11 is 0. The number of aryl methyl sites for hydroxylation is 1. The summed E-state index contributed by atoms with van der Waals surface area (Å²) in [4.78, 5) is 14.1. The fraction of sp³-hybridized carbons (Fsp3) is 0.429. The van der Waals surface area contributed by atoms with Crippen LogP contribution < -0.4 is 11.1 Å². The van der Waals surface area contributed by atoms with Gasteiger partial charge in [0, 0.05) is 26.0 Å². The molecule has 0 aromatic heterocycles. The zero-order chi connectivity index (χ0) is 13.6. The van der Waals surface area contributed by atoms with Crippen LogP contribution in [0.1, 0.15) is 32.3 Å². The highest BCUT2D eigenvalue weighted by atomic mass is 16.1. The Bertz CT molecular complexity index is 443. The predicted molar refractivity (Wildman–Crippen MR) is 72.9 cm³/mol. The molecule has 4 heteroatoms. The molecule has 0 unspecified atom stereocenters. The van der Waals surface area contributed by atoms with Gasteiger partial charge in [-0.15, -0.1) is 0 Å². The zero-order valence-corrected chi connectivity index (χ0v) is 10.9. The maximum absolute atomic E-state index is 10.6. The van der Waals surface area contributed by atoms with Crippen molar-refractivity contribution in [3.8, 4) is 0 Å². The third-order valence-corrected chi connectivity index (χ3v) is 2.57. The van der Waals surface area contributed by atoms with Crippen molar-refractivity contribution in [3.05, 3.63) is 41.2 Å². The van der Waals surface area contributed by atoms with Crippen molar-refractivity contribution in [1.82, 2.24) is 0 Å². The molecule has 0 aliphatic carbocycles. The fourth-order valence-corrected chi connectivity index (χ4v) is 1.60. The monoisotopic (exact) mass is 245 g/mol. The molecule has 1 aromatic carbocycles. The van der Waals surface area contributed by atoms with Crippen molar-refractivity contribution in [2.75, 3.05) is 5.32 Å². The summed E-state index contributed by atoms with van der Waals surface area (Å²) in [7, 11) is 0. The maximum atomic E-state index is 10.6. The lowest BCUT2D eigenvalue weighted by Gasteiger charge is -2.15. The van der Waals surface area contributed by atoms with E-state index in [1.807, 2.05) is 38.1 Å². The summed E-state index contributed by atoms with van der Waals surface area (Å²) in [5.41, 5.74) is 6.59. The van der Waals surface area contributed by atoms with E-state index in [1.54, 1.807) is 0 Å². The van der Waals surface area contributed by atoms with Crippen LogP contribution in [0.4, 0.5) is 5.69 Å². The van der Waals surface area contributed by atoms with Crippen LogP contribution in [0.25, 0.3) is 4.85 Å². The average Bonchev–Trinajstić information content (AvgIpc) is 2.31. The number of nitrogens with two attached hydrogens (primary N) is 1. The summed E-state index contributed by atoms with van der Waals surface area (Å²) in [6.07, 6.45) is 2.04. The first-order chi connectivity index (χ1) is 8.43. The molecule has 1 amide bonds. The lowest BCUT2D eigenvalue weighted by molar-refractivity contribution is -0.118. The zero-order valence-electron chi connectivity index (χ0n) is 10.9. The molecule has 0 saturated carbocycles. The maximum Gasteiger partial charge on any atom is 0.299 e. The molecule has 96 valence electrons. The number of benzene rings is 1. The van der Waals surface area contributed by atoms with Crippen molar-refractivity contribution in [3.63, 3.8) is 0 Å². The molecule has 0 saturated heterocycles. The molecule has 1 rings (SSSR count). The Morgan fingerprint density at radius 2 is 2.00 bits per heavy atom. The molecular formula is C14H19N3O. The molecule has 0 fully saturated rings. The van der Waals surface area contributed by atoms with E-state index in [0.29, 0.717) is 6.42 Å². The largest absolute Gasteiger partial charge is 0.370 e. The van der Waals surface area contributed by atoms with Gasteiger partial charge < -0.3 is 11.1 Å². The average molecular weight is 245 g/mol. The van der Waals surface area contributed by atoms with Crippen LogP contribution in [0.2, 0.25) is 0 Å². The van der Waals surface area contributed by atoms with Gasteiger partial charge in [-0.3, -0.25) is 9.64 Å². The van der Waals surface area contributed by atoms with Crippen molar-refractivity contribution < 1.29 is 4.79 Å². The molecule has 0 spiro atoms. The number of hydrogen-bond acceptors (Lipinski definition) is 2. The third-order valence-electron chi connectivity index (χ3n) is 2.57. The topological polar surface area (TPSA) is 59.5 Å². The number of anilines is 1. The molecule has 0 heterocycles. The second kappa shape index (κ2) is 6.06. The summed E-state index contributed by atoms with van der Waals surface area (Å²) in [6.45, 7) is 10.7. The number of carbonyl (C=O) groups excluding carboxylic acids is 1. The smallest absolute Gasteiger partial charge is 0.299 e. The number of nitrogens with one attached hydrogen (secondary N) is 1. The van der Waals surface area contributed by atoms with Gasteiger partial charge in [-0.2, -0.15) is 0 Å². The number of primary amides is 1. The second-order valence-corrected chi connectivity index (χ2v) is 4.81. The molecule has 0 atom stereocenters. The summed E-state index contributed by atoms with van der Waals surface area (Å²) < 4.78 is 0. The van der Waals surface area contributed by atoms with Gasteiger partial charge >= 0.3 is 0 Å². The predicted octanol–water partition coefficient (Wildman–Crippen LogP) is 2.56. The molecule has 4 nitrogen and oxygen atoms in total. The Morgan fingerprint density at radius 1 is 1.39 bits per heavy atom. The van der Waals surface area contributed by atoms with E-state index in [1.165, 1.54) is 5.56 Å². The summed E-state index contributed by atoms with van der Waals surface area (Å²) in [5, 5.41) is 3.14. The van der Waals surface area contributed by atoms with E-state index in [9.17, 15) is 4.79 Å². The standard InChI is InChI=1S/C14H19N3O/c1-14(2,16-3)17-12-9-7-11(8-10-12)5-4-6-13(15)18/h7-10,17H,4-6H2,1-2H3,(H2,15,18). The van der Waals surface area contributed by atoms with Gasteiger partial charge in [0.2, 0.25) is 5.91 Å². The van der Waals surface area contributed by atoms with E-state index < -0.39 is 5.66 Å². The Morgan fingerprint density at radius 3 is 2.50 bits per heavy atom. The molecule has 18 heavy (non-hydrogen) atoms. The highest BCUT2D eigenvalue weighted by molar-refractivity contribution is 5.73. The quantitative estimate of drug-likeness (QED) is 0.757. The Hall–Kier alpha value is -2.02. The van der Waals surface area contributed by atoms with Crippen LogP contribution in [0.15, 0.2) is 24.3 Å². The van der Waals surface area contributed by atoms with Crippen molar-refractivity contribution >= 4 is 11.6 Å². The van der Waals surface area contributed by atoms with Gasteiger partial charge in [0.05, 0.1) is 0 Å². The van der Waals surface area contributed by atoms with Crippen molar-refractivity contribution in [2.45, 2.75) is 38.8 Å². The number of nitrogens with zero attached hydrogens (tertiary/aromatic N) is 1. The third kappa shape index (κ3) is 4.88. The van der Waals surface area contributed by atoms with Crippen LogP contribution in [0, 0.1) is 6.57 Å². The minimum absolute atomic E-state index is 0.257. The highest BCUT2D eigenvalue weighted by Crippen LogP contribution is 2.17. The molecule has 0 aliphatic heterocycles. The molecule has 0 bridgehead atoms. The number of rotatable bonds is 6. The number of carbonyl (C=O) groups is 1. The Kier molecular flexibility index (Phi) is 4.73. The number of hydrogen-bond donors (Lipinski definition) is 2. The van der Waals surface area contributed by atoms with Gasteiger partial charge in [-0.1, -0.05) is 12.1 Å². The Labute approximate surface area is 108 Å². The lowest BCUT2D eigenvalue weighted by atomic mass is 10.1. The lowest BCUT2D eigenvalue weighted by Crippen LogP contribution is -2.25. The van der Waals surface area contributed by atoms with Crippen LogP contribution in [-0.4, -0.2) is 11.6 Å². The second-order valence-electron chi connectivity index (χ2n) is 4.81. The van der Waals surface area contributed by atoms with E-state index >= 15 is 0 Å². The van der Waals surface area contributed by atoms with Gasteiger partial charge in [-0.05, 0) is 30.5 Å². The highest BCUT2D eigenvalue weighted by Gasteiger charge is 2.21. The molecular weight excluding hydrogens is 226 g/mol. The van der Waals surface area contributed by atoms with Crippen LogP contribution in [0.5, 0.6) is 0 Å². The first kappa shape index (κ1) is 14.0. The van der Waals surface area contributed by atoms with E-state index in [-0.39, 0.29) is 5.91 Å².